The van der Waals surface area contributed by atoms with Crippen LogP contribution in [0.2, 0.25) is 0 Å². The van der Waals surface area contributed by atoms with Crippen LogP contribution in [0.25, 0.3) is 0 Å². The van der Waals surface area contributed by atoms with Crippen molar-refractivity contribution in [3.05, 3.63) is 36.5 Å². The van der Waals surface area contributed by atoms with Crippen LogP contribution in [0.15, 0.2) is 36.5 Å². The lowest BCUT2D eigenvalue weighted by atomic mass is 9.99. The lowest BCUT2D eigenvalue weighted by Gasteiger charge is -2.39. The molecule has 1 heterocycles. The van der Waals surface area contributed by atoms with E-state index in [1.54, 1.807) is 0 Å². The van der Waals surface area contributed by atoms with Gasteiger partial charge in [-0.05, 0) is 70.6 Å². The molecule has 0 aromatic rings. The summed E-state index contributed by atoms with van der Waals surface area (Å²) in [7, 11) is 0. The quantitative estimate of drug-likeness (QED) is 0.0267. The minimum Gasteiger partial charge on any atom is -0.457 e. The molecule has 1 fully saturated rings. The third-order valence-electron chi connectivity index (χ3n) is 12.5. The van der Waals surface area contributed by atoms with Crippen molar-refractivity contribution in [3.8, 4) is 0 Å². The van der Waals surface area contributed by atoms with E-state index in [2.05, 4.69) is 50.3 Å². The van der Waals surface area contributed by atoms with Crippen LogP contribution in [0.1, 0.15) is 245 Å². The van der Waals surface area contributed by atoms with Crippen LogP contribution in [-0.4, -0.2) is 89.6 Å². The van der Waals surface area contributed by atoms with Crippen molar-refractivity contribution in [1.82, 2.24) is 0 Å². The summed E-state index contributed by atoms with van der Waals surface area (Å²) < 4.78 is 22.9. The number of esters is 1. The lowest BCUT2D eigenvalue weighted by Crippen LogP contribution is -2.59. The highest BCUT2D eigenvalue weighted by molar-refractivity contribution is 5.69. The molecule has 64 heavy (non-hydrogen) atoms. The van der Waals surface area contributed by atoms with Gasteiger partial charge in [0.25, 0.3) is 0 Å². The fourth-order valence-electron chi connectivity index (χ4n) is 8.28. The standard InChI is InChI=1S/C55H102O9/c1-3-5-7-9-11-13-15-17-19-21-23-24-25-27-29-31-33-35-37-39-41-43-45-61-47-49(48-62-55-54(60)53(59)52(58)50(46-56)64-55)63-51(57)44-42-40-38-36-34-32-30-28-26-22-20-18-16-14-12-10-8-6-4-2/h15,17-18,20-21,23,49-50,52-56,58-60H,3-14,16,19,22,24-48H2,1-2H3/b17-15-,20-18-,23-21-. The number of allylic oxidation sites excluding steroid dienone is 6. The summed E-state index contributed by atoms with van der Waals surface area (Å²) in [5.74, 6) is -0.314. The SMILES string of the molecule is CCCCCCC/C=C\C/C=C\CCCCCCCCCCCCOCC(COC1OC(CO)C(O)C(O)C1O)OC(=O)CCCCCCCCCCC/C=C\CCCCCCCC. The summed E-state index contributed by atoms with van der Waals surface area (Å²) in [6.07, 6.45) is 50.3. The Balaban J connectivity index is 2.18. The van der Waals surface area contributed by atoms with Gasteiger partial charge in [0, 0.05) is 13.0 Å². The van der Waals surface area contributed by atoms with Crippen molar-refractivity contribution >= 4 is 5.97 Å². The summed E-state index contributed by atoms with van der Waals surface area (Å²) in [5.41, 5.74) is 0. The normalized spacial score (nSPS) is 19.8. The highest BCUT2D eigenvalue weighted by atomic mass is 16.7. The molecule has 0 aliphatic carbocycles. The molecular weight excluding hydrogens is 805 g/mol. The van der Waals surface area contributed by atoms with Gasteiger partial charge in [-0.25, -0.2) is 0 Å². The average Bonchev–Trinajstić information content (AvgIpc) is 3.30. The number of hydrogen-bond acceptors (Lipinski definition) is 9. The molecule has 0 amide bonds. The minimum absolute atomic E-state index is 0.114. The fraction of sp³-hybridized carbons (Fsp3) is 0.873. The van der Waals surface area contributed by atoms with Crippen LogP contribution >= 0.6 is 0 Å². The molecule has 1 saturated heterocycles. The Hall–Kier alpha value is -1.59. The molecule has 1 rings (SSSR count). The highest BCUT2D eigenvalue weighted by Gasteiger charge is 2.44. The predicted octanol–water partition coefficient (Wildman–Crippen LogP) is 13.5. The molecule has 0 radical (unpaired) electrons. The number of ether oxygens (including phenoxy) is 4. The van der Waals surface area contributed by atoms with Gasteiger partial charge >= 0.3 is 5.97 Å². The predicted molar refractivity (Wildman–Crippen MR) is 265 cm³/mol. The van der Waals surface area contributed by atoms with Gasteiger partial charge in [0.05, 0.1) is 19.8 Å². The van der Waals surface area contributed by atoms with Crippen LogP contribution in [0.5, 0.6) is 0 Å². The zero-order chi connectivity index (χ0) is 46.4. The van der Waals surface area contributed by atoms with E-state index in [0.29, 0.717) is 13.0 Å². The molecule has 1 aliphatic heterocycles. The van der Waals surface area contributed by atoms with Crippen molar-refractivity contribution in [2.24, 2.45) is 0 Å². The van der Waals surface area contributed by atoms with Crippen molar-refractivity contribution in [2.45, 2.75) is 282 Å². The first-order valence-electron chi connectivity index (χ1n) is 27.1. The zero-order valence-electron chi connectivity index (χ0n) is 41.5. The third kappa shape index (κ3) is 36.5. The monoisotopic (exact) mass is 907 g/mol. The van der Waals surface area contributed by atoms with E-state index in [1.165, 1.54) is 186 Å². The maximum Gasteiger partial charge on any atom is 0.306 e. The number of carbonyl (C=O) groups is 1. The van der Waals surface area contributed by atoms with E-state index in [9.17, 15) is 25.2 Å². The van der Waals surface area contributed by atoms with E-state index in [-0.39, 0.29) is 19.2 Å². The van der Waals surface area contributed by atoms with Gasteiger partial charge in [-0.1, -0.05) is 204 Å². The molecular formula is C55H102O9. The summed E-state index contributed by atoms with van der Waals surface area (Å²) >= 11 is 0. The van der Waals surface area contributed by atoms with Crippen molar-refractivity contribution in [2.75, 3.05) is 26.4 Å². The van der Waals surface area contributed by atoms with E-state index in [4.69, 9.17) is 18.9 Å². The number of aliphatic hydroxyl groups excluding tert-OH is 4. The van der Waals surface area contributed by atoms with Gasteiger partial charge in [0.2, 0.25) is 0 Å². The van der Waals surface area contributed by atoms with E-state index in [0.717, 1.165) is 38.5 Å². The number of hydrogen-bond donors (Lipinski definition) is 4. The average molecular weight is 907 g/mol. The molecule has 0 saturated carbocycles. The molecule has 4 N–H and O–H groups in total. The van der Waals surface area contributed by atoms with Gasteiger partial charge in [-0.2, -0.15) is 0 Å². The molecule has 0 aromatic carbocycles. The summed E-state index contributed by atoms with van der Waals surface area (Å²) in [6, 6.07) is 0. The molecule has 6 atom stereocenters. The van der Waals surface area contributed by atoms with Crippen LogP contribution in [-0.2, 0) is 23.7 Å². The minimum atomic E-state index is -1.54. The molecule has 9 nitrogen and oxygen atoms in total. The van der Waals surface area contributed by atoms with Gasteiger partial charge < -0.3 is 39.4 Å². The Kier molecular flexibility index (Phi) is 43.9. The van der Waals surface area contributed by atoms with Gasteiger partial charge in [-0.3, -0.25) is 4.79 Å². The summed E-state index contributed by atoms with van der Waals surface area (Å²) in [6.45, 7) is 4.57. The number of rotatable bonds is 47. The van der Waals surface area contributed by atoms with E-state index >= 15 is 0 Å². The summed E-state index contributed by atoms with van der Waals surface area (Å²) in [4.78, 5) is 12.9. The highest BCUT2D eigenvalue weighted by Crippen LogP contribution is 2.23. The number of carbonyl (C=O) groups excluding carboxylic acids is 1. The zero-order valence-corrected chi connectivity index (χ0v) is 41.5. The van der Waals surface area contributed by atoms with E-state index in [1.807, 2.05) is 0 Å². The number of unbranched alkanes of at least 4 members (excludes halogenated alkanes) is 30. The second-order valence-corrected chi connectivity index (χ2v) is 18.7. The van der Waals surface area contributed by atoms with Crippen molar-refractivity contribution in [1.29, 1.82) is 0 Å². The summed E-state index contributed by atoms with van der Waals surface area (Å²) in [5, 5.41) is 40.3. The molecule has 1 aliphatic rings. The van der Waals surface area contributed by atoms with Crippen molar-refractivity contribution < 1.29 is 44.2 Å². The Morgan fingerprint density at radius 3 is 1.36 bits per heavy atom. The van der Waals surface area contributed by atoms with Gasteiger partial charge in [0.1, 0.15) is 30.5 Å². The Morgan fingerprint density at radius 2 is 0.906 bits per heavy atom. The van der Waals surface area contributed by atoms with Crippen LogP contribution in [0.4, 0.5) is 0 Å². The molecule has 0 aromatic heterocycles. The largest absolute Gasteiger partial charge is 0.457 e. The van der Waals surface area contributed by atoms with Gasteiger partial charge in [-0.15, -0.1) is 0 Å². The Morgan fingerprint density at radius 1 is 0.500 bits per heavy atom. The molecule has 6 unspecified atom stereocenters. The maximum atomic E-state index is 12.9. The van der Waals surface area contributed by atoms with Crippen LogP contribution < -0.4 is 0 Å². The second kappa shape index (κ2) is 46.5. The molecule has 376 valence electrons. The third-order valence-corrected chi connectivity index (χ3v) is 12.5. The van der Waals surface area contributed by atoms with Gasteiger partial charge in [0.15, 0.2) is 6.29 Å². The Labute approximate surface area is 393 Å². The fourth-order valence-corrected chi connectivity index (χ4v) is 8.28. The first kappa shape index (κ1) is 60.4. The molecule has 9 heteroatoms. The van der Waals surface area contributed by atoms with E-state index < -0.39 is 43.4 Å². The molecule has 0 spiro atoms. The second-order valence-electron chi connectivity index (χ2n) is 18.7. The van der Waals surface area contributed by atoms with Crippen LogP contribution in [0.3, 0.4) is 0 Å². The maximum absolute atomic E-state index is 12.9. The van der Waals surface area contributed by atoms with Crippen molar-refractivity contribution in [3.63, 3.8) is 0 Å². The lowest BCUT2D eigenvalue weighted by molar-refractivity contribution is -0.305. The van der Waals surface area contributed by atoms with Crippen LogP contribution in [0, 0.1) is 0 Å². The Bertz CT molecular complexity index is 1080. The topological polar surface area (TPSA) is 135 Å². The smallest absolute Gasteiger partial charge is 0.306 e. The first-order chi connectivity index (χ1) is 31.4. The molecule has 0 bridgehead atoms. The number of aliphatic hydroxyl groups is 4. The first-order valence-corrected chi connectivity index (χ1v) is 27.1.